The predicted molar refractivity (Wildman–Crippen MR) is 88.2 cm³/mol. The van der Waals surface area contributed by atoms with E-state index in [0.717, 1.165) is 18.4 Å². The maximum atomic E-state index is 12.1. The van der Waals surface area contributed by atoms with Crippen LogP contribution in [0.3, 0.4) is 0 Å². The molecule has 23 heavy (non-hydrogen) atoms. The van der Waals surface area contributed by atoms with Gasteiger partial charge in [0, 0.05) is 12.5 Å². The fraction of sp³-hybridized carbons (Fsp3) is 0.316. The highest BCUT2D eigenvalue weighted by Crippen LogP contribution is 2.28. The molecular formula is C19H22O4. The zero-order chi connectivity index (χ0) is 16.5. The number of carbonyl (C=O) groups is 1. The van der Waals surface area contributed by atoms with Crippen LogP contribution in [0.2, 0.25) is 0 Å². The van der Waals surface area contributed by atoms with Gasteiger partial charge in [0.05, 0.1) is 6.61 Å². The second-order valence-electron chi connectivity index (χ2n) is 5.28. The van der Waals surface area contributed by atoms with Gasteiger partial charge in [0.1, 0.15) is 5.75 Å². The number of hydrogen-bond acceptors (Lipinski definition) is 4. The summed E-state index contributed by atoms with van der Waals surface area (Å²) < 4.78 is 16.5. The van der Waals surface area contributed by atoms with Gasteiger partial charge in [-0.3, -0.25) is 0 Å². The largest absolute Gasteiger partial charge is 0.516 e. The van der Waals surface area contributed by atoms with Gasteiger partial charge in [0.15, 0.2) is 0 Å². The van der Waals surface area contributed by atoms with Gasteiger partial charge in [0.25, 0.3) is 0 Å². The van der Waals surface area contributed by atoms with Crippen LogP contribution in [0.4, 0.5) is 4.79 Å². The SMILES string of the molecule is CCCCOC(C)(OC(=O)Oc1ccccc1)c1ccccc1. The lowest BCUT2D eigenvalue weighted by atomic mass is 10.1. The highest BCUT2D eigenvalue weighted by Gasteiger charge is 2.33. The van der Waals surface area contributed by atoms with Crippen LogP contribution in [0, 0.1) is 0 Å². The molecule has 0 aliphatic carbocycles. The summed E-state index contributed by atoms with van der Waals surface area (Å²) >= 11 is 0. The predicted octanol–water partition coefficient (Wildman–Crippen LogP) is 4.89. The number of ether oxygens (including phenoxy) is 3. The Bertz CT molecular complexity index is 597. The number of hydrogen-bond donors (Lipinski definition) is 0. The maximum Gasteiger partial charge on any atom is 0.516 e. The van der Waals surface area contributed by atoms with Gasteiger partial charge in [-0.25, -0.2) is 4.79 Å². The second-order valence-corrected chi connectivity index (χ2v) is 5.28. The number of carbonyl (C=O) groups excluding carboxylic acids is 1. The third-order valence-electron chi connectivity index (χ3n) is 3.40. The number of para-hydroxylation sites is 1. The van der Waals surface area contributed by atoms with Gasteiger partial charge in [-0.2, -0.15) is 0 Å². The molecule has 1 atom stereocenters. The monoisotopic (exact) mass is 314 g/mol. The summed E-state index contributed by atoms with van der Waals surface area (Å²) in [6.07, 6.45) is 1.10. The van der Waals surface area contributed by atoms with Gasteiger partial charge in [-0.1, -0.05) is 61.9 Å². The smallest absolute Gasteiger partial charge is 0.397 e. The highest BCUT2D eigenvalue weighted by atomic mass is 16.8. The van der Waals surface area contributed by atoms with Crippen molar-refractivity contribution in [2.45, 2.75) is 32.5 Å². The van der Waals surface area contributed by atoms with E-state index in [-0.39, 0.29) is 0 Å². The van der Waals surface area contributed by atoms with Gasteiger partial charge >= 0.3 is 6.16 Å². The molecular weight excluding hydrogens is 292 g/mol. The van der Waals surface area contributed by atoms with Crippen LogP contribution in [-0.2, 0) is 15.3 Å². The van der Waals surface area contributed by atoms with Crippen molar-refractivity contribution in [2.24, 2.45) is 0 Å². The van der Waals surface area contributed by atoms with E-state index in [1.807, 2.05) is 36.4 Å². The molecule has 0 aliphatic heterocycles. The standard InChI is InChI=1S/C19H22O4/c1-3-4-15-21-19(2,16-11-7-5-8-12-16)23-18(20)22-17-13-9-6-10-14-17/h5-14H,3-4,15H2,1-2H3. The number of rotatable bonds is 7. The topological polar surface area (TPSA) is 44.8 Å². The normalized spacial score (nSPS) is 13.1. The van der Waals surface area contributed by atoms with E-state index in [0.29, 0.717) is 12.4 Å². The van der Waals surface area contributed by atoms with Crippen LogP contribution in [0.25, 0.3) is 0 Å². The van der Waals surface area contributed by atoms with Crippen molar-refractivity contribution in [3.8, 4) is 5.75 Å². The molecule has 0 aliphatic rings. The summed E-state index contributed by atoms with van der Waals surface area (Å²) in [5.41, 5.74) is 0.765. The lowest BCUT2D eigenvalue weighted by molar-refractivity contribution is -0.205. The minimum Gasteiger partial charge on any atom is -0.397 e. The lowest BCUT2D eigenvalue weighted by Crippen LogP contribution is -2.34. The molecule has 122 valence electrons. The Morgan fingerprint density at radius 3 is 2.22 bits per heavy atom. The van der Waals surface area contributed by atoms with Crippen molar-refractivity contribution >= 4 is 6.16 Å². The van der Waals surface area contributed by atoms with Crippen molar-refractivity contribution in [3.05, 3.63) is 66.2 Å². The summed E-state index contributed by atoms with van der Waals surface area (Å²) in [6.45, 7) is 4.30. The van der Waals surface area contributed by atoms with E-state index in [1.165, 1.54) is 0 Å². The maximum absolute atomic E-state index is 12.1. The minimum atomic E-state index is -1.18. The number of benzene rings is 2. The molecule has 4 nitrogen and oxygen atoms in total. The summed E-state index contributed by atoms with van der Waals surface area (Å²) in [4.78, 5) is 12.1. The van der Waals surface area contributed by atoms with Gasteiger partial charge in [0.2, 0.25) is 5.79 Å². The minimum absolute atomic E-state index is 0.432. The van der Waals surface area contributed by atoms with Crippen LogP contribution < -0.4 is 4.74 Å². The third kappa shape index (κ3) is 5.11. The van der Waals surface area contributed by atoms with Crippen LogP contribution in [0.5, 0.6) is 5.75 Å². The van der Waals surface area contributed by atoms with Crippen molar-refractivity contribution < 1.29 is 19.0 Å². The first-order valence-electron chi connectivity index (χ1n) is 7.79. The zero-order valence-corrected chi connectivity index (χ0v) is 13.5. The van der Waals surface area contributed by atoms with Gasteiger partial charge in [-0.05, 0) is 18.6 Å². The average molecular weight is 314 g/mol. The molecule has 1 unspecified atom stereocenters. The van der Waals surface area contributed by atoms with E-state index < -0.39 is 11.9 Å². The summed E-state index contributed by atoms with van der Waals surface area (Å²) in [7, 11) is 0. The average Bonchev–Trinajstić information content (AvgIpc) is 2.56. The van der Waals surface area contributed by atoms with Crippen molar-refractivity contribution in [2.75, 3.05) is 6.61 Å². The molecule has 0 radical (unpaired) electrons. The molecule has 0 saturated heterocycles. The fourth-order valence-electron chi connectivity index (χ4n) is 2.09. The van der Waals surface area contributed by atoms with Crippen LogP contribution in [0.15, 0.2) is 60.7 Å². The van der Waals surface area contributed by atoms with Gasteiger partial charge < -0.3 is 14.2 Å². The molecule has 0 amide bonds. The van der Waals surface area contributed by atoms with Gasteiger partial charge in [-0.15, -0.1) is 0 Å². The van der Waals surface area contributed by atoms with E-state index in [2.05, 4.69) is 6.92 Å². The lowest BCUT2D eigenvalue weighted by Gasteiger charge is -2.29. The zero-order valence-electron chi connectivity index (χ0n) is 13.5. The molecule has 2 rings (SSSR count). The van der Waals surface area contributed by atoms with Crippen molar-refractivity contribution in [1.82, 2.24) is 0 Å². The van der Waals surface area contributed by atoms with Crippen LogP contribution in [-0.4, -0.2) is 12.8 Å². The Labute approximate surface area is 137 Å². The summed E-state index contributed by atoms with van der Waals surface area (Å²) in [6, 6.07) is 18.2. The first-order valence-corrected chi connectivity index (χ1v) is 7.79. The fourth-order valence-corrected chi connectivity index (χ4v) is 2.09. The van der Waals surface area contributed by atoms with Crippen LogP contribution in [0.1, 0.15) is 32.3 Å². The molecule has 0 heterocycles. The Morgan fingerprint density at radius 2 is 1.61 bits per heavy atom. The molecule has 0 fully saturated rings. The molecule has 4 heteroatoms. The van der Waals surface area contributed by atoms with Crippen molar-refractivity contribution in [1.29, 1.82) is 0 Å². The quantitative estimate of drug-likeness (QED) is 0.316. The van der Waals surface area contributed by atoms with E-state index in [9.17, 15) is 4.79 Å². The number of unbranched alkanes of at least 4 members (excludes halogenated alkanes) is 1. The van der Waals surface area contributed by atoms with E-state index in [1.54, 1.807) is 31.2 Å². The molecule has 0 N–H and O–H groups in total. The highest BCUT2D eigenvalue weighted by molar-refractivity contribution is 5.64. The Balaban J connectivity index is 2.09. The first-order chi connectivity index (χ1) is 11.1. The van der Waals surface area contributed by atoms with Crippen molar-refractivity contribution in [3.63, 3.8) is 0 Å². The molecule has 0 bridgehead atoms. The molecule has 0 aromatic heterocycles. The van der Waals surface area contributed by atoms with E-state index >= 15 is 0 Å². The second kappa shape index (κ2) is 8.34. The molecule has 0 saturated carbocycles. The molecule has 2 aromatic rings. The Hall–Kier alpha value is -2.33. The summed E-state index contributed by atoms with van der Waals surface area (Å²) in [5.74, 6) is -0.746. The molecule has 2 aromatic carbocycles. The third-order valence-corrected chi connectivity index (χ3v) is 3.40. The first kappa shape index (κ1) is 17.0. The Morgan fingerprint density at radius 1 is 1.00 bits per heavy atom. The molecule has 0 spiro atoms. The summed E-state index contributed by atoms with van der Waals surface area (Å²) in [5, 5.41) is 0. The van der Waals surface area contributed by atoms with Crippen LogP contribution >= 0.6 is 0 Å². The Kier molecular flexibility index (Phi) is 6.18. The van der Waals surface area contributed by atoms with E-state index in [4.69, 9.17) is 14.2 Å².